The molecule has 6 nitrogen and oxygen atoms in total. The highest BCUT2D eigenvalue weighted by molar-refractivity contribution is 7.88. The maximum absolute atomic E-state index is 10.8. The Morgan fingerprint density at radius 2 is 2.06 bits per heavy atom. The van der Waals surface area contributed by atoms with Gasteiger partial charge in [-0.3, -0.25) is 4.98 Å². The van der Waals surface area contributed by atoms with E-state index in [0.29, 0.717) is 31.7 Å². The summed E-state index contributed by atoms with van der Waals surface area (Å²) in [5.74, 6) is 0.169. The molecule has 0 spiro atoms. The fourth-order valence-electron chi connectivity index (χ4n) is 1.41. The summed E-state index contributed by atoms with van der Waals surface area (Å²) in [4.78, 5) is 4.21. The molecule has 0 bridgehead atoms. The van der Waals surface area contributed by atoms with E-state index in [1.165, 1.54) is 0 Å². The number of rotatable bonds is 7. The molecule has 0 aliphatic carbocycles. The van der Waals surface area contributed by atoms with Crippen LogP contribution in [0.15, 0.2) is 12.1 Å². The molecule has 18 heavy (non-hydrogen) atoms. The van der Waals surface area contributed by atoms with E-state index in [0.717, 1.165) is 11.9 Å². The minimum absolute atomic E-state index is 0.169. The molecule has 102 valence electrons. The molecule has 1 aromatic heterocycles. The van der Waals surface area contributed by atoms with E-state index < -0.39 is 10.0 Å². The molecule has 0 aliphatic rings. The molecule has 0 aromatic carbocycles. The first-order chi connectivity index (χ1) is 8.38. The van der Waals surface area contributed by atoms with Gasteiger partial charge in [0.05, 0.1) is 11.9 Å². The van der Waals surface area contributed by atoms with Gasteiger partial charge in [0.25, 0.3) is 0 Å². The SMILES string of the molecule is Cc1ccc(O)c(CNCCCNS(C)(=O)=O)n1. The molecular weight excluding hydrogens is 254 g/mol. The van der Waals surface area contributed by atoms with Gasteiger partial charge < -0.3 is 10.4 Å². The Bertz CT molecular complexity index is 488. The van der Waals surface area contributed by atoms with Crippen LogP contribution >= 0.6 is 0 Å². The number of pyridine rings is 1. The fraction of sp³-hybridized carbons (Fsp3) is 0.545. The van der Waals surface area contributed by atoms with E-state index in [4.69, 9.17) is 0 Å². The molecule has 0 aliphatic heterocycles. The van der Waals surface area contributed by atoms with Crippen LogP contribution in [0.25, 0.3) is 0 Å². The van der Waals surface area contributed by atoms with Gasteiger partial charge in [-0.05, 0) is 32.0 Å². The third-order valence-corrected chi connectivity index (χ3v) is 3.00. The smallest absolute Gasteiger partial charge is 0.208 e. The van der Waals surface area contributed by atoms with E-state index in [9.17, 15) is 13.5 Å². The topological polar surface area (TPSA) is 91.3 Å². The van der Waals surface area contributed by atoms with Gasteiger partial charge in [-0.1, -0.05) is 0 Å². The average Bonchev–Trinajstić information content (AvgIpc) is 2.26. The van der Waals surface area contributed by atoms with Crippen molar-refractivity contribution in [3.05, 3.63) is 23.5 Å². The Morgan fingerprint density at radius 3 is 2.72 bits per heavy atom. The van der Waals surface area contributed by atoms with Crippen molar-refractivity contribution in [3.8, 4) is 5.75 Å². The minimum Gasteiger partial charge on any atom is -0.506 e. The van der Waals surface area contributed by atoms with Crippen molar-refractivity contribution in [3.63, 3.8) is 0 Å². The van der Waals surface area contributed by atoms with Crippen LogP contribution < -0.4 is 10.0 Å². The largest absolute Gasteiger partial charge is 0.506 e. The molecule has 1 heterocycles. The molecule has 0 unspecified atom stereocenters. The number of aryl methyl sites for hydroxylation is 1. The summed E-state index contributed by atoms with van der Waals surface area (Å²) < 4.78 is 24.0. The predicted molar refractivity (Wildman–Crippen MR) is 69.8 cm³/mol. The van der Waals surface area contributed by atoms with E-state index in [2.05, 4.69) is 15.0 Å². The lowest BCUT2D eigenvalue weighted by molar-refractivity contribution is 0.458. The zero-order valence-corrected chi connectivity index (χ0v) is 11.4. The first-order valence-corrected chi connectivity index (χ1v) is 7.58. The highest BCUT2D eigenvalue weighted by Gasteiger charge is 2.03. The molecule has 3 N–H and O–H groups in total. The van der Waals surface area contributed by atoms with Gasteiger partial charge in [0.2, 0.25) is 10.0 Å². The molecule has 7 heteroatoms. The van der Waals surface area contributed by atoms with Crippen molar-refractivity contribution in [2.45, 2.75) is 19.9 Å². The van der Waals surface area contributed by atoms with Crippen molar-refractivity contribution in [2.24, 2.45) is 0 Å². The summed E-state index contributed by atoms with van der Waals surface area (Å²) in [6, 6.07) is 3.36. The maximum atomic E-state index is 10.8. The molecule has 0 amide bonds. The second-order valence-corrected chi connectivity index (χ2v) is 5.95. The zero-order chi connectivity index (χ0) is 13.6. The molecule has 0 saturated heterocycles. The monoisotopic (exact) mass is 273 g/mol. The lowest BCUT2D eigenvalue weighted by atomic mass is 10.3. The minimum atomic E-state index is -3.11. The standard InChI is InChI=1S/C11H19N3O3S/c1-9-4-5-11(15)10(14-9)8-12-6-3-7-13-18(2,16)17/h4-5,12-13,15H,3,6-8H2,1-2H3. The Morgan fingerprint density at radius 1 is 1.33 bits per heavy atom. The highest BCUT2D eigenvalue weighted by Crippen LogP contribution is 2.13. The Labute approximate surface area is 107 Å². The number of nitrogens with one attached hydrogen (secondary N) is 2. The summed E-state index contributed by atoms with van der Waals surface area (Å²) in [6.45, 7) is 3.38. The second kappa shape index (κ2) is 6.67. The summed E-state index contributed by atoms with van der Waals surface area (Å²) in [6.07, 6.45) is 1.81. The van der Waals surface area contributed by atoms with Crippen LogP contribution in [0.4, 0.5) is 0 Å². The Hall–Kier alpha value is -1.18. The van der Waals surface area contributed by atoms with Crippen LogP contribution in [0.5, 0.6) is 5.75 Å². The number of hydrogen-bond acceptors (Lipinski definition) is 5. The number of aromatic hydroxyl groups is 1. The van der Waals surface area contributed by atoms with Crippen molar-refractivity contribution in [1.82, 2.24) is 15.0 Å². The van der Waals surface area contributed by atoms with E-state index >= 15 is 0 Å². The van der Waals surface area contributed by atoms with Crippen LogP contribution in [0, 0.1) is 6.92 Å². The van der Waals surface area contributed by atoms with Gasteiger partial charge >= 0.3 is 0 Å². The van der Waals surface area contributed by atoms with Crippen LogP contribution in [0.1, 0.15) is 17.8 Å². The van der Waals surface area contributed by atoms with E-state index in [1.807, 2.05) is 6.92 Å². The van der Waals surface area contributed by atoms with Crippen molar-refractivity contribution >= 4 is 10.0 Å². The third-order valence-electron chi connectivity index (χ3n) is 2.28. The first kappa shape index (κ1) is 14.9. The molecule has 1 aromatic rings. The number of nitrogens with zero attached hydrogens (tertiary/aromatic N) is 1. The Kier molecular flexibility index (Phi) is 5.52. The van der Waals surface area contributed by atoms with Crippen molar-refractivity contribution < 1.29 is 13.5 Å². The quantitative estimate of drug-likeness (QED) is 0.614. The molecule has 0 fully saturated rings. The summed E-state index contributed by atoms with van der Waals surface area (Å²) in [5, 5.41) is 12.6. The maximum Gasteiger partial charge on any atom is 0.208 e. The van der Waals surface area contributed by atoms with Gasteiger partial charge in [-0.15, -0.1) is 0 Å². The summed E-state index contributed by atoms with van der Waals surface area (Å²) in [5.41, 5.74) is 1.45. The third kappa shape index (κ3) is 5.95. The van der Waals surface area contributed by atoms with Crippen LogP contribution in [-0.2, 0) is 16.6 Å². The molecule has 0 atom stereocenters. The highest BCUT2D eigenvalue weighted by atomic mass is 32.2. The normalized spacial score (nSPS) is 11.7. The number of aromatic nitrogens is 1. The van der Waals surface area contributed by atoms with Crippen molar-refractivity contribution in [1.29, 1.82) is 0 Å². The van der Waals surface area contributed by atoms with Crippen molar-refractivity contribution in [2.75, 3.05) is 19.3 Å². The molecule has 0 saturated carbocycles. The van der Waals surface area contributed by atoms with Gasteiger partial charge in [0, 0.05) is 18.8 Å². The Balaban J connectivity index is 2.24. The average molecular weight is 273 g/mol. The second-order valence-electron chi connectivity index (χ2n) is 4.12. The molecule has 0 radical (unpaired) electrons. The van der Waals surface area contributed by atoms with Crippen LogP contribution in [-0.4, -0.2) is 37.9 Å². The molecule has 1 rings (SSSR count). The number of sulfonamides is 1. The van der Waals surface area contributed by atoms with Crippen LogP contribution in [0.3, 0.4) is 0 Å². The predicted octanol–water partition coefficient (Wildman–Crippen LogP) is 0.125. The van der Waals surface area contributed by atoms with Gasteiger partial charge in [-0.2, -0.15) is 0 Å². The molecular formula is C11H19N3O3S. The zero-order valence-electron chi connectivity index (χ0n) is 10.6. The lowest BCUT2D eigenvalue weighted by Crippen LogP contribution is -2.26. The lowest BCUT2D eigenvalue weighted by Gasteiger charge is -2.07. The number of hydrogen-bond donors (Lipinski definition) is 3. The van der Waals surface area contributed by atoms with Crippen LogP contribution in [0.2, 0.25) is 0 Å². The van der Waals surface area contributed by atoms with Gasteiger partial charge in [0.1, 0.15) is 5.75 Å². The van der Waals surface area contributed by atoms with Gasteiger partial charge in [0.15, 0.2) is 0 Å². The first-order valence-electron chi connectivity index (χ1n) is 5.69. The summed E-state index contributed by atoms with van der Waals surface area (Å²) >= 11 is 0. The summed E-state index contributed by atoms with van der Waals surface area (Å²) in [7, 11) is -3.11. The van der Waals surface area contributed by atoms with Gasteiger partial charge in [-0.25, -0.2) is 13.1 Å². The van der Waals surface area contributed by atoms with E-state index in [1.54, 1.807) is 12.1 Å². The fourth-order valence-corrected chi connectivity index (χ4v) is 1.93. The van der Waals surface area contributed by atoms with E-state index in [-0.39, 0.29) is 5.75 Å².